The molecular weight excluding hydrogens is 220 g/mol. The van der Waals surface area contributed by atoms with E-state index in [1.165, 1.54) is 12.1 Å². The molecule has 0 unspecified atom stereocenters. The van der Waals surface area contributed by atoms with E-state index in [0.29, 0.717) is 5.69 Å². The van der Waals surface area contributed by atoms with E-state index in [1.54, 1.807) is 6.07 Å². The molecule has 0 radical (unpaired) electrons. The van der Waals surface area contributed by atoms with Crippen LogP contribution in [0.3, 0.4) is 0 Å². The van der Waals surface area contributed by atoms with Crippen LogP contribution in [-0.2, 0) is 0 Å². The van der Waals surface area contributed by atoms with E-state index in [0.717, 1.165) is 0 Å². The predicted molar refractivity (Wildman–Crippen MR) is 55.3 cm³/mol. The van der Waals surface area contributed by atoms with Crippen LogP contribution in [0.5, 0.6) is 11.5 Å². The maximum absolute atomic E-state index is 9.03. The standard InChI is InChI=1S/C8H8N2O4S/c9-7(15)10-4-1-2-5-6(3-4)14-8(11,12)13-5/h1-3,11-12H,(H3,9,10,15). The second-order valence-electron chi connectivity index (χ2n) is 2.90. The largest absolute Gasteiger partial charge is 0.505 e. The van der Waals surface area contributed by atoms with Crippen LogP contribution < -0.4 is 20.5 Å². The lowest BCUT2D eigenvalue weighted by Crippen LogP contribution is -2.37. The number of hydrogen-bond acceptors (Lipinski definition) is 5. The van der Waals surface area contributed by atoms with Gasteiger partial charge in [0.15, 0.2) is 16.6 Å². The number of aliphatic hydroxyl groups is 2. The van der Waals surface area contributed by atoms with Crippen molar-refractivity contribution in [2.24, 2.45) is 5.73 Å². The van der Waals surface area contributed by atoms with Crippen LogP contribution >= 0.6 is 12.2 Å². The molecule has 1 aliphatic rings. The maximum atomic E-state index is 9.03. The zero-order valence-electron chi connectivity index (χ0n) is 7.43. The molecule has 5 N–H and O–H groups in total. The molecule has 1 aromatic rings. The molecule has 0 aromatic heterocycles. The highest BCUT2D eigenvalue weighted by Crippen LogP contribution is 2.38. The van der Waals surface area contributed by atoms with Gasteiger partial charge in [0.25, 0.3) is 0 Å². The van der Waals surface area contributed by atoms with Gasteiger partial charge in [-0.25, -0.2) is 0 Å². The first kappa shape index (κ1) is 9.97. The lowest BCUT2D eigenvalue weighted by Gasteiger charge is -2.10. The van der Waals surface area contributed by atoms with E-state index in [9.17, 15) is 0 Å². The van der Waals surface area contributed by atoms with Crippen molar-refractivity contribution in [2.45, 2.75) is 6.16 Å². The highest BCUT2D eigenvalue weighted by molar-refractivity contribution is 7.80. The monoisotopic (exact) mass is 228 g/mol. The summed E-state index contributed by atoms with van der Waals surface area (Å²) in [6.45, 7) is 0. The minimum Gasteiger partial charge on any atom is -0.403 e. The Morgan fingerprint density at radius 2 is 2.00 bits per heavy atom. The number of benzene rings is 1. The molecule has 0 atom stereocenters. The van der Waals surface area contributed by atoms with Gasteiger partial charge in [0.05, 0.1) is 0 Å². The summed E-state index contributed by atoms with van der Waals surface area (Å²) in [6, 6.07) is 4.61. The fourth-order valence-electron chi connectivity index (χ4n) is 1.20. The Morgan fingerprint density at radius 1 is 1.33 bits per heavy atom. The molecule has 1 aliphatic heterocycles. The molecule has 0 fully saturated rings. The van der Waals surface area contributed by atoms with Crippen LogP contribution in [-0.4, -0.2) is 21.5 Å². The summed E-state index contributed by atoms with van der Waals surface area (Å²) in [7, 11) is 0. The number of thiocarbonyl (C=S) groups is 1. The lowest BCUT2D eigenvalue weighted by molar-refractivity contribution is -0.385. The second kappa shape index (κ2) is 3.23. The minimum absolute atomic E-state index is 0.105. The van der Waals surface area contributed by atoms with Gasteiger partial charge in [0.1, 0.15) is 0 Å². The summed E-state index contributed by atoms with van der Waals surface area (Å²) in [5.74, 6) is 0.426. The number of fused-ring (bicyclic) bond motifs is 1. The Labute approximate surface area is 90.2 Å². The predicted octanol–water partition coefficient (Wildman–Crippen LogP) is -0.291. The SMILES string of the molecule is NC(=S)Nc1ccc2c(c1)OC(O)(O)O2. The van der Waals surface area contributed by atoms with Gasteiger partial charge in [-0.3, -0.25) is 10.2 Å². The number of nitrogens with one attached hydrogen (secondary N) is 1. The fraction of sp³-hybridized carbons (Fsp3) is 0.125. The molecule has 6 nitrogen and oxygen atoms in total. The zero-order chi connectivity index (χ0) is 11.1. The molecule has 80 valence electrons. The van der Waals surface area contributed by atoms with Crippen molar-refractivity contribution in [2.75, 3.05) is 5.32 Å². The van der Waals surface area contributed by atoms with Crippen molar-refractivity contribution in [1.29, 1.82) is 0 Å². The van der Waals surface area contributed by atoms with Gasteiger partial charge in [0.2, 0.25) is 0 Å². The topological polar surface area (TPSA) is 97.0 Å². The molecule has 0 spiro atoms. The smallest absolute Gasteiger partial charge is 0.403 e. The van der Waals surface area contributed by atoms with Gasteiger partial charge < -0.3 is 20.5 Å². The highest BCUT2D eigenvalue weighted by atomic mass is 32.1. The van der Waals surface area contributed by atoms with E-state index in [4.69, 9.17) is 15.9 Å². The third-order valence-corrected chi connectivity index (χ3v) is 1.80. The Kier molecular flexibility index (Phi) is 2.14. The van der Waals surface area contributed by atoms with Crippen molar-refractivity contribution < 1.29 is 19.7 Å². The number of ether oxygens (including phenoxy) is 2. The van der Waals surface area contributed by atoms with Crippen molar-refractivity contribution in [3.8, 4) is 11.5 Å². The van der Waals surface area contributed by atoms with Gasteiger partial charge in [-0.2, -0.15) is 0 Å². The van der Waals surface area contributed by atoms with Gasteiger partial charge >= 0.3 is 6.16 Å². The third kappa shape index (κ3) is 2.09. The molecule has 1 aromatic carbocycles. The minimum atomic E-state index is -2.61. The van der Waals surface area contributed by atoms with Crippen LogP contribution in [0.15, 0.2) is 18.2 Å². The van der Waals surface area contributed by atoms with Crippen LogP contribution in [0.4, 0.5) is 5.69 Å². The molecule has 7 heteroatoms. The Bertz CT molecular complexity index is 421. The first-order valence-corrected chi connectivity index (χ1v) is 4.40. The van der Waals surface area contributed by atoms with Crippen LogP contribution in [0.2, 0.25) is 0 Å². The maximum Gasteiger partial charge on any atom is 0.505 e. The Morgan fingerprint density at radius 3 is 2.67 bits per heavy atom. The summed E-state index contributed by atoms with van der Waals surface area (Å²) < 4.78 is 9.33. The summed E-state index contributed by atoms with van der Waals surface area (Å²) in [5, 5.41) is 20.8. The first-order chi connectivity index (χ1) is 6.96. The summed E-state index contributed by atoms with van der Waals surface area (Å²) in [5.41, 5.74) is 5.84. The molecular formula is C8H8N2O4S. The average Bonchev–Trinajstić information content (AvgIpc) is 2.36. The molecule has 0 amide bonds. The van der Waals surface area contributed by atoms with E-state index < -0.39 is 6.16 Å². The van der Waals surface area contributed by atoms with E-state index in [-0.39, 0.29) is 16.6 Å². The van der Waals surface area contributed by atoms with Crippen molar-refractivity contribution in [3.05, 3.63) is 18.2 Å². The highest BCUT2D eigenvalue weighted by Gasteiger charge is 2.38. The molecule has 0 saturated carbocycles. The lowest BCUT2D eigenvalue weighted by atomic mass is 10.3. The molecule has 15 heavy (non-hydrogen) atoms. The van der Waals surface area contributed by atoms with Crippen LogP contribution in [0.1, 0.15) is 0 Å². The third-order valence-electron chi connectivity index (χ3n) is 1.70. The van der Waals surface area contributed by atoms with Crippen molar-refractivity contribution >= 4 is 23.0 Å². The number of anilines is 1. The number of rotatable bonds is 1. The summed E-state index contributed by atoms with van der Waals surface area (Å²) in [4.78, 5) is 0. The molecule has 0 saturated heterocycles. The van der Waals surface area contributed by atoms with Crippen LogP contribution in [0, 0.1) is 0 Å². The van der Waals surface area contributed by atoms with Crippen molar-refractivity contribution in [3.63, 3.8) is 0 Å². The quantitative estimate of drug-likeness (QED) is 0.387. The Balaban J connectivity index is 2.26. The molecule has 2 rings (SSSR count). The normalized spacial score (nSPS) is 16.1. The summed E-state index contributed by atoms with van der Waals surface area (Å²) in [6.07, 6.45) is -2.61. The fourth-order valence-corrected chi connectivity index (χ4v) is 1.32. The Hall–Kier alpha value is -1.57. The van der Waals surface area contributed by atoms with Crippen molar-refractivity contribution in [1.82, 2.24) is 0 Å². The van der Waals surface area contributed by atoms with Crippen LogP contribution in [0.25, 0.3) is 0 Å². The average molecular weight is 228 g/mol. The van der Waals surface area contributed by atoms with Gasteiger partial charge in [0, 0.05) is 11.8 Å². The van der Waals surface area contributed by atoms with E-state index in [1.807, 2.05) is 0 Å². The van der Waals surface area contributed by atoms with E-state index in [2.05, 4.69) is 27.0 Å². The van der Waals surface area contributed by atoms with Gasteiger partial charge in [-0.1, -0.05) is 0 Å². The zero-order valence-corrected chi connectivity index (χ0v) is 8.25. The number of nitrogens with two attached hydrogens (primary N) is 1. The molecule has 0 bridgehead atoms. The molecule has 0 aliphatic carbocycles. The first-order valence-electron chi connectivity index (χ1n) is 3.99. The van der Waals surface area contributed by atoms with Gasteiger partial charge in [-0.05, 0) is 24.4 Å². The summed E-state index contributed by atoms with van der Waals surface area (Å²) >= 11 is 4.65. The second-order valence-corrected chi connectivity index (χ2v) is 3.34. The molecule has 1 heterocycles. The number of hydrogen-bond donors (Lipinski definition) is 4. The van der Waals surface area contributed by atoms with Gasteiger partial charge in [-0.15, -0.1) is 0 Å². The van der Waals surface area contributed by atoms with E-state index >= 15 is 0 Å².